The Kier molecular flexibility index (Phi) is 22.4. The van der Waals surface area contributed by atoms with Crippen LogP contribution in [0.5, 0.6) is 0 Å². The van der Waals surface area contributed by atoms with Crippen molar-refractivity contribution in [2.24, 2.45) is 82.9 Å². The molecule has 0 N–H and O–H groups in total. The number of unbranched alkanes of at least 4 members (excludes halogenated alkanes) is 4. The lowest BCUT2D eigenvalue weighted by atomic mass is 9.63. The average molecular weight is 819 g/mol. The van der Waals surface area contributed by atoms with Gasteiger partial charge in [-0.15, -0.1) is 0 Å². The van der Waals surface area contributed by atoms with Crippen molar-refractivity contribution in [3.05, 3.63) is 0 Å². The molecular weight excluding hydrogens is 713 g/mol. The molecule has 0 aromatic heterocycles. The van der Waals surface area contributed by atoms with Crippen molar-refractivity contribution in [3.63, 3.8) is 0 Å². The average Bonchev–Trinajstić information content (AvgIpc) is 3.28. The van der Waals surface area contributed by atoms with E-state index in [1.54, 1.807) is 103 Å². The molecule has 6 aliphatic carbocycles. The van der Waals surface area contributed by atoms with Gasteiger partial charge in [-0.2, -0.15) is 0 Å². The van der Waals surface area contributed by atoms with E-state index in [2.05, 4.69) is 27.7 Å². The van der Waals surface area contributed by atoms with Crippen LogP contribution in [0.3, 0.4) is 0 Å². The second-order valence-electron chi connectivity index (χ2n) is 23.6. The lowest BCUT2D eigenvalue weighted by Crippen LogP contribution is -2.34. The van der Waals surface area contributed by atoms with Gasteiger partial charge in [0.15, 0.2) is 0 Å². The highest BCUT2D eigenvalue weighted by Crippen LogP contribution is 2.50. The third-order valence-corrected chi connectivity index (χ3v) is 20.0. The zero-order valence-electron chi connectivity index (χ0n) is 40.8. The van der Waals surface area contributed by atoms with Crippen molar-refractivity contribution >= 4 is 0 Å². The van der Waals surface area contributed by atoms with Gasteiger partial charge in [-0.1, -0.05) is 156 Å². The van der Waals surface area contributed by atoms with Gasteiger partial charge in [0, 0.05) is 13.2 Å². The van der Waals surface area contributed by atoms with Crippen LogP contribution < -0.4 is 0 Å². The predicted octanol–water partition coefficient (Wildman–Crippen LogP) is 18.6. The summed E-state index contributed by atoms with van der Waals surface area (Å²) in [5.74, 6) is 14.3. The summed E-state index contributed by atoms with van der Waals surface area (Å²) in [7, 11) is 0. The minimum absolute atomic E-state index is 0.943. The minimum Gasteiger partial charge on any atom is -0.381 e. The maximum absolute atomic E-state index is 6.92. The first-order chi connectivity index (χ1) is 29.1. The van der Waals surface area contributed by atoms with Gasteiger partial charge in [0.05, 0.1) is 0 Å². The molecule has 0 amide bonds. The van der Waals surface area contributed by atoms with E-state index in [-0.39, 0.29) is 0 Å². The van der Waals surface area contributed by atoms with Crippen molar-refractivity contribution < 1.29 is 4.74 Å². The Morgan fingerprint density at radius 2 is 0.576 bits per heavy atom. The van der Waals surface area contributed by atoms with Crippen molar-refractivity contribution in [1.82, 2.24) is 0 Å². The maximum atomic E-state index is 6.92. The smallest absolute Gasteiger partial charge is 0.0468 e. The molecule has 0 bridgehead atoms. The molecule has 0 aliphatic heterocycles. The van der Waals surface area contributed by atoms with E-state index in [4.69, 9.17) is 4.74 Å². The highest BCUT2D eigenvalue weighted by atomic mass is 16.5. The van der Waals surface area contributed by atoms with Crippen molar-refractivity contribution in [2.45, 2.75) is 272 Å². The summed E-state index contributed by atoms with van der Waals surface area (Å²) in [6.45, 7) is 11.7. The molecule has 0 aromatic carbocycles. The van der Waals surface area contributed by atoms with Crippen LogP contribution in [0, 0.1) is 82.9 Å². The zero-order chi connectivity index (χ0) is 41.1. The Bertz CT molecular complexity index is 936. The van der Waals surface area contributed by atoms with Gasteiger partial charge in [-0.3, -0.25) is 0 Å². The van der Waals surface area contributed by atoms with Crippen molar-refractivity contribution in [2.75, 3.05) is 13.2 Å². The molecule has 0 spiro atoms. The van der Waals surface area contributed by atoms with E-state index in [1.165, 1.54) is 141 Å². The summed E-state index contributed by atoms with van der Waals surface area (Å²) < 4.78 is 6.92. The third kappa shape index (κ3) is 15.6. The van der Waals surface area contributed by atoms with Crippen molar-refractivity contribution in [3.8, 4) is 0 Å². The lowest BCUT2D eigenvalue weighted by Gasteiger charge is -2.43. The monoisotopic (exact) mass is 819 g/mol. The summed E-state index contributed by atoms with van der Waals surface area (Å²) in [6, 6.07) is 0. The number of hydrogen-bond acceptors (Lipinski definition) is 1. The fourth-order valence-corrected chi connectivity index (χ4v) is 16.2. The Morgan fingerprint density at radius 1 is 0.305 bits per heavy atom. The topological polar surface area (TPSA) is 9.23 Å². The fraction of sp³-hybridized carbons (Fsp3) is 1.00. The minimum atomic E-state index is 0.943. The molecule has 0 aromatic rings. The molecule has 0 heterocycles. The zero-order valence-corrected chi connectivity index (χ0v) is 40.8. The van der Waals surface area contributed by atoms with Crippen LogP contribution >= 0.6 is 0 Å². The second-order valence-corrected chi connectivity index (χ2v) is 23.6. The normalized spacial score (nSPS) is 37.2. The van der Waals surface area contributed by atoms with Crippen LogP contribution in [0.1, 0.15) is 272 Å². The summed E-state index contributed by atoms with van der Waals surface area (Å²) in [5, 5.41) is 0. The molecule has 6 rings (SSSR count). The van der Waals surface area contributed by atoms with Crippen LogP contribution in [0.2, 0.25) is 0 Å². The van der Waals surface area contributed by atoms with Gasteiger partial charge < -0.3 is 4.74 Å². The third-order valence-electron chi connectivity index (χ3n) is 20.0. The van der Waals surface area contributed by atoms with Gasteiger partial charge in [-0.25, -0.2) is 0 Å². The highest BCUT2D eigenvalue weighted by molar-refractivity contribution is 4.90. The summed E-state index contributed by atoms with van der Waals surface area (Å²) in [4.78, 5) is 0. The number of hydrogen-bond donors (Lipinski definition) is 0. The molecule has 6 saturated carbocycles. The van der Waals surface area contributed by atoms with E-state index >= 15 is 0 Å². The fourth-order valence-electron chi connectivity index (χ4n) is 16.2. The predicted molar refractivity (Wildman–Crippen MR) is 258 cm³/mol. The Balaban J connectivity index is 0.995. The standard InChI is InChI=1S/C58H106O/c1-5-9-11-15-47-21-29-53(30-22-47)57(55-37-33-51(34-38-55)49-25-17-45(13-7-3)18-26-49)41-43-59-44-42-58(54-31-23-48(24-32-54)16-12-10-6-2)56-39-35-52(36-40-56)50-27-19-46(14-8-4)20-28-50/h45-58H,5-44H2,1-4H3. The lowest BCUT2D eigenvalue weighted by molar-refractivity contribution is 0.0303. The summed E-state index contributed by atoms with van der Waals surface area (Å²) in [6.07, 6.45) is 57.3. The van der Waals surface area contributed by atoms with E-state index in [9.17, 15) is 0 Å². The summed E-state index contributed by atoms with van der Waals surface area (Å²) >= 11 is 0. The van der Waals surface area contributed by atoms with Gasteiger partial charge in [-0.05, 0) is 198 Å². The molecular formula is C58H106O. The van der Waals surface area contributed by atoms with Gasteiger partial charge in [0.2, 0.25) is 0 Å². The first kappa shape index (κ1) is 48.4. The molecule has 6 aliphatic rings. The molecule has 59 heavy (non-hydrogen) atoms. The quantitative estimate of drug-likeness (QED) is 0.0882. The summed E-state index contributed by atoms with van der Waals surface area (Å²) in [5.41, 5.74) is 0. The van der Waals surface area contributed by atoms with E-state index in [1.807, 2.05) is 0 Å². The Morgan fingerprint density at radius 3 is 0.881 bits per heavy atom. The van der Waals surface area contributed by atoms with Crippen LogP contribution in [0.15, 0.2) is 0 Å². The van der Waals surface area contributed by atoms with E-state index in [0.717, 1.165) is 96.1 Å². The molecule has 0 radical (unpaired) electrons. The Labute approximate surface area is 371 Å². The second kappa shape index (κ2) is 27.3. The molecule has 2 atom stereocenters. The van der Waals surface area contributed by atoms with Crippen LogP contribution in [-0.4, -0.2) is 13.2 Å². The van der Waals surface area contributed by atoms with Crippen LogP contribution in [0.4, 0.5) is 0 Å². The molecule has 1 nitrogen and oxygen atoms in total. The molecule has 344 valence electrons. The SMILES string of the molecule is CCCCCC1CCC(C(CCOCCC(C2CCC(CCCCC)CC2)C2CCC(C3CCC(CCC)CC3)CC2)C2CCC(C3CCC(CCC)CC3)CC2)CC1. The molecule has 6 fully saturated rings. The van der Waals surface area contributed by atoms with Gasteiger partial charge in [0.1, 0.15) is 0 Å². The molecule has 2 unspecified atom stereocenters. The van der Waals surface area contributed by atoms with E-state index in [0.29, 0.717) is 0 Å². The Hall–Kier alpha value is -0.0400. The largest absolute Gasteiger partial charge is 0.381 e. The highest BCUT2D eigenvalue weighted by Gasteiger charge is 2.39. The maximum Gasteiger partial charge on any atom is 0.0468 e. The number of ether oxygens (including phenoxy) is 1. The molecule has 1 heteroatoms. The first-order valence-corrected chi connectivity index (χ1v) is 28.7. The van der Waals surface area contributed by atoms with Crippen molar-refractivity contribution in [1.29, 1.82) is 0 Å². The van der Waals surface area contributed by atoms with Crippen LogP contribution in [-0.2, 0) is 4.74 Å². The number of rotatable bonds is 24. The van der Waals surface area contributed by atoms with Gasteiger partial charge >= 0.3 is 0 Å². The van der Waals surface area contributed by atoms with Gasteiger partial charge in [0.25, 0.3) is 0 Å². The molecule has 0 saturated heterocycles. The van der Waals surface area contributed by atoms with Crippen LogP contribution in [0.25, 0.3) is 0 Å². The first-order valence-electron chi connectivity index (χ1n) is 28.7. The van der Waals surface area contributed by atoms with E-state index < -0.39 is 0 Å².